The minimum absolute atomic E-state index is 0.106. The number of carbonyl (C=O) groups is 4. The summed E-state index contributed by atoms with van der Waals surface area (Å²) in [5.74, 6) is -1.09. The Morgan fingerprint density at radius 1 is 0.875 bits per heavy atom. The van der Waals surface area contributed by atoms with E-state index in [1.54, 1.807) is 59.7 Å². The molecule has 2 aliphatic rings. The lowest BCUT2D eigenvalue weighted by Gasteiger charge is -2.35. The molecule has 0 N–H and O–H groups in total. The number of hydrogen-bond acceptors (Lipinski definition) is 6. The van der Waals surface area contributed by atoms with E-state index >= 15 is 0 Å². The predicted octanol–water partition coefficient (Wildman–Crippen LogP) is 4.61. The van der Waals surface area contributed by atoms with Gasteiger partial charge < -0.3 is 24.2 Å². The van der Waals surface area contributed by atoms with Crippen LogP contribution in [0.2, 0.25) is 5.02 Å². The van der Waals surface area contributed by atoms with Crippen molar-refractivity contribution in [3.05, 3.63) is 81.5 Å². The highest BCUT2D eigenvalue weighted by molar-refractivity contribution is 6.30. The molecule has 3 amide bonds. The summed E-state index contributed by atoms with van der Waals surface area (Å²) in [6.07, 6.45) is -0.234. The third kappa shape index (κ3) is 6.47. The fourth-order valence-electron chi connectivity index (χ4n) is 5.08. The van der Waals surface area contributed by atoms with E-state index in [0.29, 0.717) is 54.6 Å². The summed E-state index contributed by atoms with van der Waals surface area (Å²) in [4.78, 5) is 56.2. The fraction of sp³-hybridized carbons (Fsp3) is 0.400. The van der Waals surface area contributed by atoms with Gasteiger partial charge >= 0.3 is 12.1 Å². The molecular formula is C30H34ClN3O6. The quantitative estimate of drug-likeness (QED) is 0.453. The van der Waals surface area contributed by atoms with E-state index < -0.39 is 11.9 Å². The molecule has 0 aliphatic carbocycles. The molecule has 4 rings (SSSR count). The highest BCUT2D eigenvalue weighted by Crippen LogP contribution is 2.38. The number of ether oxygens (including phenoxy) is 2. The summed E-state index contributed by atoms with van der Waals surface area (Å²) in [6.45, 7) is 7.77. The standard InChI is InChI=1S/C30H34ClN3O6/c1-4-39-29(37)27-20(3)34(26(35)18-25(27)22-10-12-24(31)13-11-22)19-21-6-8-23(9-7-21)28(36)32-14-16-33(17-15-32)30(38)40-5-2/h6-13,25H,4-5,14-19H2,1-3H3. The van der Waals surface area contributed by atoms with Gasteiger partial charge in [0.1, 0.15) is 0 Å². The molecule has 2 aromatic rings. The van der Waals surface area contributed by atoms with Crippen molar-refractivity contribution in [3.63, 3.8) is 0 Å². The molecule has 9 nitrogen and oxygen atoms in total. The SMILES string of the molecule is CCOC(=O)C1=C(C)N(Cc2ccc(C(=O)N3CCN(C(=O)OCC)CC3)cc2)C(=O)CC1c1ccc(Cl)cc1. The molecule has 1 unspecified atom stereocenters. The minimum atomic E-state index is -0.443. The molecule has 1 saturated heterocycles. The van der Waals surface area contributed by atoms with Gasteiger partial charge in [0.15, 0.2) is 0 Å². The Kier molecular flexibility index (Phi) is 9.47. The van der Waals surface area contributed by atoms with Crippen LogP contribution in [0.5, 0.6) is 0 Å². The van der Waals surface area contributed by atoms with Crippen molar-refractivity contribution < 1.29 is 28.7 Å². The molecule has 0 bridgehead atoms. The second kappa shape index (κ2) is 13.0. The van der Waals surface area contributed by atoms with Gasteiger partial charge in [-0.15, -0.1) is 0 Å². The van der Waals surface area contributed by atoms with Gasteiger partial charge in [-0.05, 0) is 56.2 Å². The van der Waals surface area contributed by atoms with Crippen LogP contribution in [0, 0.1) is 0 Å². The maximum absolute atomic E-state index is 13.3. The van der Waals surface area contributed by atoms with Gasteiger partial charge in [0.05, 0.1) is 25.3 Å². The normalized spacial score (nSPS) is 17.6. The van der Waals surface area contributed by atoms with E-state index in [2.05, 4.69) is 0 Å². The van der Waals surface area contributed by atoms with Crippen molar-refractivity contribution in [2.45, 2.75) is 39.7 Å². The summed E-state index contributed by atoms with van der Waals surface area (Å²) in [6, 6.07) is 14.3. The number of halogens is 1. The van der Waals surface area contributed by atoms with Crippen LogP contribution in [0.3, 0.4) is 0 Å². The fourth-order valence-corrected chi connectivity index (χ4v) is 5.21. The van der Waals surface area contributed by atoms with Crippen LogP contribution in [0.1, 0.15) is 54.6 Å². The van der Waals surface area contributed by atoms with E-state index in [4.69, 9.17) is 21.1 Å². The van der Waals surface area contributed by atoms with Gasteiger partial charge in [0, 0.05) is 54.8 Å². The third-order valence-electron chi connectivity index (χ3n) is 7.23. The molecule has 0 radical (unpaired) electrons. The molecule has 10 heteroatoms. The summed E-state index contributed by atoms with van der Waals surface area (Å²) in [5.41, 5.74) is 3.18. The molecule has 2 aliphatic heterocycles. The molecule has 2 heterocycles. The van der Waals surface area contributed by atoms with E-state index in [0.717, 1.165) is 11.1 Å². The molecule has 1 fully saturated rings. The lowest BCUT2D eigenvalue weighted by Crippen LogP contribution is -2.50. The zero-order valence-corrected chi connectivity index (χ0v) is 23.8. The monoisotopic (exact) mass is 567 g/mol. The Hall–Kier alpha value is -3.85. The van der Waals surface area contributed by atoms with Crippen LogP contribution < -0.4 is 0 Å². The van der Waals surface area contributed by atoms with Crippen LogP contribution in [-0.2, 0) is 25.6 Å². The zero-order chi connectivity index (χ0) is 28.8. The number of nitrogens with zero attached hydrogens (tertiary/aromatic N) is 3. The Labute approximate surface area is 239 Å². The van der Waals surface area contributed by atoms with Crippen molar-refractivity contribution >= 4 is 35.5 Å². The smallest absolute Gasteiger partial charge is 0.409 e. The predicted molar refractivity (Wildman–Crippen MR) is 150 cm³/mol. The number of benzene rings is 2. The van der Waals surface area contributed by atoms with Crippen molar-refractivity contribution in [1.29, 1.82) is 0 Å². The number of carbonyl (C=O) groups excluding carboxylic acids is 4. The average molecular weight is 568 g/mol. The van der Waals surface area contributed by atoms with Crippen molar-refractivity contribution in [2.75, 3.05) is 39.4 Å². The van der Waals surface area contributed by atoms with Crippen LogP contribution in [-0.4, -0.2) is 78.0 Å². The lowest BCUT2D eigenvalue weighted by atomic mass is 9.83. The Morgan fingerprint density at radius 3 is 2.08 bits per heavy atom. The van der Waals surface area contributed by atoms with Crippen LogP contribution in [0.25, 0.3) is 0 Å². The summed E-state index contributed by atoms with van der Waals surface area (Å²) < 4.78 is 10.4. The van der Waals surface area contributed by atoms with E-state index in [9.17, 15) is 19.2 Å². The van der Waals surface area contributed by atoms with Crippen molar-refractivity contribution in [1.82, 2.24) is 14.7 Å². The van der Waals surface area contributed by atoms with Gasteiger partial charge in [-0.3, -0.25) is 9.59 Å². The number of esters is 1. The average Bonchev–Trinajstić information content (AvgIpc) is 2.95. The maximum atomic E-state index is 13.3. The van der Waals surface area contributed by atoms with Crippen LogP contribution in [0.4, 0.5) is 4.79 Å². The minimum Gasteiger partial charge on any atom is -0.463 e. The van der Waals surface area contributed by atoms with Gasteiger partial charge in [-0.2, -0.15) is 0 Å². The van der Waals surface area contributed by atoms with E-state index in [1.807, 2.05) is 24.3 Å². The molecule has 212 valence electrons. The van der Waals surface area contributed by atoms with Gasteiger partial charge in [0.2, 0.25) is 5.91 Å². The topological polar surface area (TPSA) is 96.5 Å². The molecular weight excluding hydrogens is 534 g/mol. The van der Waals surface area contributed by atoms with Crippen LogP contribution in [0.15, 0.2) is 59.8 Å². The first-order valence-electron chi connectivity index (χ1n) is 13.5. The largest absolute Gasteiger partial charge is 0.463 e. The Bertz CT molecular complexity index is 1280. The first kappa shape index (κ1) is 29.1. The highest BCUT2D eigenvalue weighted by Gasteiger charge is 2.37. The molecule has 1 atom stereocenters. The first-order chi connectivity index (χ1) is 19.2. The number of rotatable bonds is 7. The maximum Gasteiger partial charge on any atom is 0.409 e. The van der Waals surface area contributed by atoms with E-state index in [1.165, 1.54) is 0 Å². The Balaban J connectivity index is 1.48. The molecule has 2 aromatic carbocycles. The van der Waals surface area contributed by atoms with Gasteiger partial charge in [0.25, 0.3) is 5.91 Å². The highest BCUT2D eigenvalue weighted by atomic mass is 35.5. The van der Waals surface area contributed by atoms with Crippen molar-refractivity contribution in [3.8, 4) is 0 Å². The Morgan fingerprint density at radius 2 is 1.48 bits per heavy atom. The molecule has 0 aromatic heterocycles. The van der Waals surface area contributed by atoms with Gasteiger partial charge in [-0.25, -0.2) is 9.59 Å². The first-order valence-corrected chi connectivity index (χ1v) is 13.8. The van der Waals surface area contributed by atoms with Gasteiger partial charge in [-0.1, -0.05) is 35.9 Å². The second-order valence-electron chi connectivity index (χ2n) is 9.68. The summed E-state index contributed by atoms with van der Waals surface area (Å²) >= 11 is 6.05. The number of piperazine rings is 1. The van der Waals surface area contributed by atoms with Crippen molar-refractivity contribution in [2.24, 2.45) is 0 Å². The molecule has 40 heavy (non-hydrogen) atoms. The summed E-state index contributed by atoms with van der Waals surface area (Å²) in [5, 5.41) is 0.576. The van der Waals surface area contributed by atoms with E-state index in [-0.39, 0.29) is 37.5 Å². The summed E-state index contributed by atoms with van der Waals surface area (Å²) in [7, 11) is 0. The number of hydrogen-bond donors (Lipinski definition) is 0. The second-order valence-corrected chi connectivity index (χ2v) is 10.1. The molecule has 0 saturated carbocycles. The number of amides is 3. The number of allylic oxidation sites excluding steroid dienone is 1. The zero-order valence-electron chi connectivity index (χ0n) is 23.0. The van der Waals surface area contributed by atoms with Crippen LogP contribution >= 0.6 is 11.6 Å². The molecule has 0 spiro atoms. The lowest BCUT2D eigenvalue weighted by molar-refractivity contribution is -0.140. The third-order valence-corrected chi connectivity index (χ3v) is 7.48.